The Labute approximate surface area is 142 Å². The number of rotatable bonds is 5. The van der Waals surface area contributed by atoms with Crippen LogP contribution in [0.1, 0.15) is 32.3 Å². The fourth-order valence-electron chi connectivity index (χ4n) is 3.13. The highest BCUT2D eigenvalue weighted by molar-refractivity contribution is 5.78. The summed E-state index contributed by atoms with van der Waals surface area (Å²) in [4.78, 5) is 18.2. The van der Waals surface area contributed by atoms with Gasteiger partial charge in [0.2, 0.25) is 5.91 Å². The standard InChI is InChI=1S/C18H25N5O/c1-13(2)18(24)23-8-5-16(6-9-23)20-11-15-12-21-22-17(15)14-4-3-7-19-10-14/h3-4,7,10,12-13,16,20H,5-6,8-9,11H2,1-2H3,(H,21,22). The highest BCUT2D eigenvalue weighted by Crippen LogP contribution is 2.20. The zero-order valence-corrected chi connectivity index (χ0v) is 14.3. The number of amides is 1. The molecule has 1 aliphatic rings. The number of H-pyrrole nitrogens is 1. The molecule has 2 aromatic heterocycles. The average molecular weight is 327 g/mol. The first-order valence-corrected chi connectivity index (χ1v) is 8.60. The molecule has 0 spiro atoms. The lowest BCUT2D eigenvalue weighted by molar-refractivity contribution is -0.135. The summed E-state index contributed by atoms with van der Waals surface area (Å²) in [6.07, 6.45) is 7.47. The van der Waals surface area contributed by atoms with E-state index in [1.165, 1.54) is 0 Å². The molecule has 1 saturated heterocycles. The summed E-state index contributed by atoms with van der Waals surface area (Å²) >= 11 is 0. The van der Waals surface area contributed by atoms with E-state index in [1.807, 2.05) is 43.3 Å². The summed E-state index contributed by atoms with van der Waals surface area (Å²) in [7, 11) is 0. The van der Waals surface area contributed by atoms with E-state index in [4.69, 9.17) is 0 Å². The van der Waals surface area contributed by atoms with Crippen LogP contribution in [0.25, 0.3) is 11.3 Å². The van der Waals surface area contributed by atoms with Gasteiger partial charge in [0.05, 0.1) is 11.9 Å². The molecule has 2 N–H and O–H groups in total. The molecule has 0 saturated carbocycles. The Kier molecular flexibility index (Phi) is 5.25. The van der Waals surface area contributed by atoms with Crippen LogP contribution in [0.5, 0.6) is 0 Å². The fraction of sp³-hybridized carbons (Fsp3) is 0.500. The summed E-state index contributed by atoms with van der Waals surface area (Å²) in [5, 5.41) is 10.8. The normalized spacial score (nSPS) is 15.9. The number of aromatic nitrogens is 3. The van der Waals surface area contributed by atoms with Crippen LogP contribution in [-0.2, 0) is 11.3 Å². The number of likely N-dealkylation sites (tertiary alicyclic amines) is 1. The number of pyridine rings is 1. The zero-order valence-electron chi connectivity index (χ0n) is 14.3. The van der Waals surface area contributed by atoms with Crippen molar-refractivity contribution in [3.05, 3.63) is 36.3 Å². The molecule has 0 aromatic carbocycles. The van der Waals surface area contributed by atoms with Crippen LogP contribution < -0.4 is 5.32 Å². The van der Waals surface area contributed by atoms with Gasteiger partial charge in [-0.1, -0.05) is 13.8 Å². The Hall–Kier alpha value is -2.21. The highest BCUT2D eigenvalue weighted by atomic mass is 16.2. The fourth-order valence-corrected chi connectivity index (χ4v) is 3.13. The molecule has 1 amide bonds. The van der Waals surface area contributed by atoms with Crippen molar-refractivity contribution >= 4 is 5.91 Å². The van der Waals surface area contributed by atoms with E-state index in [0.29, 0.717) is 6.04 Å². The second-order valence-corrected chi connectivity index (χ2v) is 6.65. The maximum Gasteiger partial charge on any atom is 0.225 e. The Morgan fingerprint density at radius 1 is 1.38 bits per heavy atom. The molecular weight excluding hydrogens is 302 g/mol. The van der Waals surface area contributed by atoms with Crippen LogP contribution in [0.15, 0.2) is 30.7 Å². The van der Waals surface area contributed by atoms with Gasteiger partial charge in [-0.05, 0) is 25.0 Å². The summed E-state index contributed by atoms with van der Waals surface area (Å²) in [5.74, 6) is 0.352. The van der Waals surface area contributed by atoms with Gasteiger partial charge < -0.3 is 10.2 Å². The minimum atomic E-state index is 0.0856. The van der Waals surface area contributed by atoms with Crippen molar-refractivity contribution in [1.82, 2.24) is 25.4 Å². The lowest BCUT2D eigenvalue weighted by atomic mass is 10.0. The first-order chi connectivity index (χ1) is 11.6. The number of nitrogens with zero attached hydrogens (tertiary/aromatic N) is 3. The van der Waals surface area contributed by atoms with Gasteiger partial charge in [0.25, 0.3) is 0 Å². The highest BCUT2D eigenvalue weighted by Gasteiger charge is 2.24. The Bertz CT molecular complexity index is 659. The maximum atomic E-state index is 12.0. The minimum Gasteiger partial charge on any atom is -0.342 e. The molecule has 128 valence electrons. The van der Waals surface area contributed by atoms with Crippen molar-refractivity contribution in [3.63, 3.8) is 0 Å². The molecule has 24 heavy (non-hydrogen) atoms. The van der Waals surface area contributed by atoms with Gasteiger partial charge in [0.1, 0.15) is 0 Å². The molecule has 0 atom stereocenters. The molecule has 3 rings (SSSR count). The Morgan fingerprint density at radius 2 is 2.17 bits per heavy atom. The minimum absolute atomic E-state index is 0.0856. The molecule has 0 radical (unpaired) electrons. The average Bonchev–Trinajstić information content (AvgIpc) is 3.09. The van der Waals surface area contributed by atoms with Gasteiger partial charge in [0.15, 0.2) is 0 Å². The molecule has 3 heterocycles. The molecule has 0 aliphatic carbocycles. The van der Waals surface area contributed by atoms with Crippen LogP contribution >= 0.6 is 0 Å². The van der Waals surface area contributed by atoms with Crippen LogP contribution in [0, 0.1) is 5.92 Å². The van der Waals surface area contributed by atoms with Crippen molar-refractivity contribution < 1.29 is 4.79 Å². The first-order valence-electron chi connectivity index (χ1n) is 8.60. The molecule has 6 heteroatoms. The van der Waals surface area contributed by atoms with Gasteiger partial charge in [-0.25, -0.2) is 0 Å². The summed E-state index contributed by atoms with van der Waals surface area (Å²) in [5.41, 5.74) is 3.20. The third-order valence-corrected chi connectivity index (χ3v) is 4.55. The van der Waals surface area contributed by atoms with E-state index in [0.717, 1.165) is 49.3 Å². The van der Waals surface area contributed by atoms with Gasteiger partial charge >= 0.3 is 0 Å². The smallest absolute Gasteiger partial charge is 0.225 e. The van der Waals surface area contributed by atoms with Crippen molar-refractivity contribution in [2.24, 2.45) is 5.92 Å². The van der Waals surface area contributed by atoms with Gasteiger partial charge in [0, 0.05) is 55.1 Å². The monoisotopic (exact) mass is 327 g/mol. The van der Waals surface area contributed by atoms with E-state index in [2.05, 4.69) is 20.5 Å². The second kappa shape index (κ2) is 7.57. The summed E-state index contributed by atoms with van der Waals surface area (Å²) in [6, 6.07) is 4.40. The quantitative estimate of drug-likeness (QED) is 0.883. The van der Waals surface area contributed by atoms with E-state index in [-0.39, 0.29) is 11.8 Å². The van der Waals surface area contributed by atoms with E-state index >= 15 is 0 Å². The number of hydrogen-bond acceptors (Lipinski definition) is 4. The lowest BCUT2D eigenvalue weighted by Crippen LogP contribution is -2.45. The summed E-state index contributed by atoms with van der Waals surface area (Å²) in [6.45, 7) is 6.38. The number of nitrogens with one attached hydrogen (secondary N) is 2. The molecule has 2 aromatic rings. The predicted octanol–water partition coefficient (Wildman–Crippen LogP) is 2.21. The number of carbonyl (C=O) groups excluding carboxylic acids is 1. The Balaban J connectivity index is 1.53. The molecule has 0 unspecified atom stereocenters. The zero-order chi connectivity index (χ0) is 16.9. The summed E-state index contributed by atoms with van der Waals surface area (Å²) < 4.78 is 0. The van der Waals surface area contributed by atoms with Crippen LogP contribution in [-0.4, -0.2) is 45.1 Å². The third kappa shape index (κ3) is 3.82. The second-order valence-electron chi connectivity index (χ2n) is 6.65. The maximum absolute atomic E-state index is 12.0. The largest absolute Gasteiger partial charge is 0.342 e. The van der Waals surface area contributed by atoms with E-state index in [9.17, 15) is 4.79 Å². The van der Waals surface area contributed by atoms with Gasteiger partial charge in [-0.2, -0.15) is 5.10 Å². The molecule has 0 bridgehead atoms. The van der Waals surface area contributed by atoms with E-state index in [1.54, 1.807) is 6.20 Å². The third-order valence-electron chi connectivity index (χ3n) is 4.55. The topological polar surface area (TPSA) is 73.9 Å². The van der Waals surface area contributed by atoms with Crippen molar-refractivity contribution in [2.45, 2.75) is 39.3 Å². The SMILES string of the molecule is CC(C)C(=O)N1CCC(NCc2cn[nH]c2-c2cccnc2)CC1. The van der Waals surface area contributed by atoms with Crippen molar-refractivity contribution in [2.75, 3.05) is 13.1 Å². The lowest BCUT2D eigenvalue weighted by Gasteiger charge is -2.33. The predicted molar refractivity (Wildman–Crippen MR) is 93.1 cm³/mol. The molecule has 6 nitrogen and oxygen atoms in total. The van der Waals surface area contributed by atoms with Gasteiger partial charge in [-0.3, -0.25) is 14.9 Å². The number of piperidine rings is 1. The van der Waals surface area contributed by atoms with E-state index < -0.39 is 0 Å². The Morgan fingerprint density at radius 3 is 2.83 bits per heavy atom. The van der Waals surface area contributed by atoms with Crippen LogP contribution in [0.2, 0.25) is 0 Å². The molecule has 1 fully saturated rings. The van der Waals surface area contributed by atoms with Crippen LogP contribution in [0.4, 0.5) is 0 Å². The number of carbonyl (C=O) groups is 1. The number of hydrogen-bond donors (Lipinski definition) is 2. The van der Waals surface area contributed by atoms with Crippen molar-refractivity contribution in [1.29, 1.82) is 0 Å². The van der Waals surface area contributed by atoms with Crippen LogP contribution in [0.3, 0.4) is 0 Å². The van der Waals surface area contributed by atoms with Crippen molar-refractivity contribution in [3.8, 4) is 11.3 Å². The first kappa shape index (κ1) is 16.6. The molecular formula is C18H25N5O. The number of aromatic amines is 1. The van der Waals surface area contributed by atoms with Gasteiger partial charge in [-0.15, -0.1) is 0 Å². The molecule has 1 aliphatic heterocycles.